The number of rotatable bonds is 6. The molecule has 2 atom stereocenters. The molecule has 0 radical (unpaired) electrons. The first-order valence-electron chi connectivity index (χ1n) is 8.61. The second kappa shape index (κ2) is 8.29. The predicted octanol–water partition coefficient (Wildman–Crippen LogP) is 2.17. The summed E-state index contributed by atoms with van der Waals surface area (Å²) in [4.78, 5) is 13.0. The van der Waals surface area contributed by atoms with E-state index >= 15 is 0 Å². The zero-order valence-electron chi connectivity index (χ0n) is 15.4. The molecular formula is C18H28N2O4S. The number of carbonyl (C=O) groups is 1. The lowest BCUT2D eigenvalue weighted by molar-refractivity contribution is -0.128. The Morgan fingerprint density at radius 1 is 1.28 bits per heavy atom. The molecule has 6 nitrogen and oxygen atoms in total. The molecule has 0 saturated carbocycles. The molecule has 140 valence electrons. The van der Waals surface area contributed by atoms with Crippen molar-refractivity contribution in [1.29, 1.82) is 0 Å². The largest absolute Gasteiger partial charge is 0.373 e. The van der Waals surface area contributed by atoms with E-state index in [0.717, 1.165) is 17.5 Å². The normalized spacial score (nSPS) is 21.3. The zero-order chi connectivity index (χ0) is 18.6. The standard InChI is InChI=1S/C18H28N2O4S/c1-5-20(25(4,22)23)17-10-11-24-18(12-17)16-8-6-15(7-9-16)13-19(3)14(2)21/h6-9,17-18H,5,10-13H2,1-4H3/t17-,18+/m1/s1. The lowest BCUT2D eigenvalue weighted by Crippen LogP contribution is -2.43. The van der Waals surface area contributed by atoms with Crippen LogP contribution in [0.4, 0.5) is 0 Å². The van der Waals surface area contributed by atoms with Crippen LogP contribution in [0.25, 0.3) is 0 Å². The molecule has 0 N–H and O–H groups in total. The third-order valence-electron chi connectivity index (χ3n) is 4.71. The lowest BCUT2D eigenvalue weighted by atomic mass is 9.96. The van der Waals surface area contributed by atoms with E-state index in [1.807, 2.05) is 31.2 Å². The highest BCUT2D eigenvalue weighted by Crippen LogP contribution is 2.31. The van der Waals surface area contributed by atoms with E-state index in [1.54, 1.807) is 23.2 Å². The monoisotopic (exact) mass is 368 g/mol. The minimum absolute atomic E-state index is 0.0257. The summed E-state index contributed by atoms with van der Waals surface area (Å²) < 4.78 is 31.4. The molecule has 0 bridgehead atoms. The molecule has 1 aliphatic heterocycles. The van der Waals surface area contributed by atoms with E-state index in [-0.39, 0.29) is 18.1 Å². The highest BCUT2D eigenvalue weighted by Gasteiger charge is 2.31. The maximum atomic E-state index is 12.0. The van der Waals surface area contributed by atoms with Crippen molar-refractivity contribution in [2.24, 2.45) is 0 Å². The summed E-state index contributed by atoms with van der Waals surface area (Å²) >= 11 is 0. The highest BCUT2D eigenvalue weighted by molar-refractivity contribution is 7.88. The van der Waals surface area contributed by atoms with Crippen LogP contribution in [0, 0.1) is 0 Å². The van der Waals surface area contributed by atoms with E-state index in [1.165, 1.54) is 6.26 Å². The summed E-state index contributed by atoms with van der Waals surface area (Å²) in [7, 11) is -1.43. The summed E-state index contributed by atoms with van der Waals surface area (Å²) in [5, 5.41) is 0. The lowest BCUT2D eigenvalue weighted by Gasteiger charge is -2.35. The minimum Gasteiger partial charge on any atom is -0.373 e. The molecule has 7 heteroatoms. The Morgan fingerprint density at radius 3 is 2.44 bits per heavy atom. The van der Waals surface area contributed by atoms with Crippen molar-refractivity contribution < 1.29 is 17.9 Å². The molecule has 2 rings (SSSR count). The maximum absolute atomic E-state index is 12.0. The summed E-state index contributed by atoms with van der Waals surface area (Å²) in [5.74, 6) is 0.0305. The van der Waals surface area contributed by atoms with Gasteiger partial charge in [-0.15, -0.1) is 0 Å². The second-order valence-electron chi connectivity index (χ2n) is 6.62. The molecule has 0 aliphatic carbocycles. The topological polar surface area (TPSA) is 66.9 Å². The van der Waals surface area contributed by atoms with Crippen molar-refractivity contribution in [3.05, 3.63) is 35.4 Å². The van der Waals surface area contributed by atoms with Crippen LogP contribution >= 0.6 is 0 Å². The van der Waals surface area contributed by atoms with E-state index < -0.39 is 10.0 Å². The molecule has 1 aromatic carbocycles. The Bertz CT molecular complexity index is 688. The molecule has 1 aromatic rings. The molecule has 1 heterocycles. The van der Waals surface area contributed by atoms with Gasteiger partial charge >= 0.3 is 0 Å². The van der Waals surface area contributed by atoms with Gasteiger partial charge in [-0.25, -0.2) is 8.42 Å². The molecule has 25 heavy (non-hydrogen) atoms. The van der Waals surface area contributed by atoms with Gasteiger partial charge in [-0.05, 0) is 24.0 Å². The Kier molecular flexibility index (Phi) is 6.59. The second-order valence-corrected chi connectivity index (χ2v) is 8.56. The predicted molar refractivity (Wildman–Crippen MR) is 97.5 cm³/mol. The van der Waals surface area contributed by atoms with E-state index in [0.29, 0.717) is 26.1 Å². The minimum atomic E-state index is -3.21. The number of hydrogen-bond donors (Lipinski definition) is 0. The first-order chi connectivity index (χ1) is 11.7. The fourth-order valence-electron chi connectivity index (χ4n) is 3.26. The van der Waals surface area contributed by atoms with Gasteiger partial charge < -0.3 is 9.64 Å². The fourth-order valence-corrected chi connectivity index (χ4v) is 4.46. The van der Waals surface area contributed by atoms with Crippen molar-refractivity contribution >= 4 is 15.9 Å². The Labute approximate surface area is 150 Å². The first kappa shape index (κ1) is 19.9. The van der Waals surface area contributed by atoms with Gasteiger partial charge in [0.15, 0.2) is 0 Å². The van der Waals surface area contributed by atoms with Crippen molar-refractivity contribution in [3.8, 4) is 0 Å². The van der Waals surface area contributed by atoms with Gasteiger partial charge in [-0.1, -0.05) is 31.2 Å². The summed E-state index contributed by atoms with van der Waals surface area (Å²) in [5.41, 5.74) is 2.10. The molecular weight excluding hydrogens is 340 g/mol. The quantitative estimate of drug-likeness (QED) is 0.772. The Balaban J connectivity index is 2.07. The van der Waals surface area contributed by atoms with Gasteiger partial charge in [0.05, 0.1) is 12.4 Å². The molecule has 1 aliphatic rings. The van der Waals surface area contributed by atoms with Gasteiger partial charge in [0.25, 0.3) is 0 Å². The van der Waals surface area contributed by atoms with Crippen molar-refractivity contribution in [3.63, 3.8) is 0 Å². The van der Waals surface area contributed by atoms with Crippen LogP contribution in [-0.4, -0.2) is 56.0 Å². The van der Waals surface area contributed by atoms with Crippen molar-refractivity contribution in [2.75, 3.05) is 26.5 Å². The number of hydrogen-bond acceptors (Lipinski definition) is 4. The molecule has 1 amide bonds. The zero-order valence-corrected chi connectivity index (χ0v) is 16.3. The number of sulfonamides is 1. The molecule has 0 aromatic heterocycles. The smallest absolute Gasteiger partial charge is 0.219 e. The Hall–Kier alpha value is -1.44. The van der Waals surface area contributed by atoms with Crippen LogP contribution in [0.5, 0.6) is 0 Å². The van der Waals surface area contributed by atoms with Gasteiger partial charge in [-0.2, -0.15) is 4.31 Å². The van der Waals surface area contributed by atoms with Gasteiger partial charge in [-0.3, -0.25) is 4.79 Å². The van der Waals surface area contributed by atoms with Crippen molar-refractivity contribution in [2.45, 2.75) is 45.4 Å². The van der Waals surface area contributed by atoms with E-state index in [4.69, 9.17) is 4.74 Å². The number of nitrogens with zero attached hydrogens (tertiary/aromatic N) is 2. The van der Waals surface area contributed by atoms with Crippen LogP contribution in [0.15, 0.2) is 24.3 Å². The summed E-state index contributed by atoms with van der Waals surface area (Å²) in [6, 6.07) is 7.98. The third kappa shape index (κ3) is 5.26. The highest BCUT2D eigenvalue weighted by atomic mass is 32.2. The average molecular weight is 368 g/mol. The number of ether oxygens (including phenoxy) is 1. The van der Waals surface area contributed by atoms with Crippen molar-refractivity contribution in [1.82, 2.24) is 9.21 Å². The molecule has 1 fully saturated rings. The maximum Gasteiger partial charge on any atom is 0.219 e. The third-order valence-corrected chi connectivity index (χ3v) is 6.12. The number of benzene rings is 1. The first-order valence-corrected chi connectivity index (χ1v) is 10.5. The van der Waals surface area contributed by atoms with Crippen LogP contribution in [0.2, 0.25) is 0 Å². The van der Waals surface area contributed by atoms with E-state index in [2.05, 4.69) is 0 Å². The average Bonchev–Trinajstić information content (AvgIpc) is 2.55. The van der Waals surface area contributed by atoms with E-state index in [9.17, 15) is 13.2 Å². The summed E-state index contributed by atoms with van der Waals surface area (Å²) in [6.45, 7) is 5.02. The van der Waals surface area contributed by atoms with Gasteiger partial charge in [0.2, 0.25) is 15.9 Å². The number of carbonyl (C=O) groups excluding carboxylic acids is 1. The molecule has 0 spiro atoms. The van der Waals surface area contributed by atoms with Gasteiger partial charge in [0.1, 0.15) is 0 Å². The fraction of sp³-hybridized carbons (Fsp3) is 0.611. The van der Waals surface area contributed by atoms with Gasteiger partial charge in [0, 0.05) is 39.7 Å². The van der Waals surface area contributed by atoms with Crippen LogP contribution in [0.3, 0.4) is 0 Å². The molecule has 1 saturated heterocycles. The number of amides is 1. The molecule has 0 unspecified atom stereocenters. The van der Waals surface area contributed by atoms with Crippen LogP contribution < -0.4 is 0 Å². The van der Waals surface area contributed by atoms with Crippen LogP contribution in [0.1, 0.15) is 43.9 Å². The Morgan fingerprint density at radius 2 is 1.92 bits per heavy atom. The van der Waals surface area contributed by atoms with Crippen LogP contribution in [-0.2, 0) is 26.1 Å². The summed E-state index contributed by atoms with van der Waals surface area (Å²) in [6.07, 6.45) is 2.54. The SMILES string of the molecule is CCN([C@@H]1CCO[C@H](c2ccc(CN(C)C(C)=O)cc2)C1)S(C)(=O)=O.